The molecule has 0 spiro atoms. The first-order valence-electron chi connectivity index (χ1n) is 6.99. The van der Waals surface area contributed by atoms with E-state index in [-0.39, 0.29) is 6.04 Å². The van der Waals surface area contributed by atoms with Gasteiger partial charge in [0.25, 0.3) is 0 Å². The maximum atomic E-state index is 6.00. The van der Waals surface area contributed by atoms with Crippen LogP contribution in [-0.4, -0.2) is 16.7 Å². The van der Waals surface area contributed by atoms with Crippen molar-refractivity contribution in [2.45, 2.75) is 32.4 Å². The number of halogens is 1. The zero-order chi connectivity index (χ0) is 15.2. The van der Waals surface area contributed by atoms with E-state index in [1.165, 1.54) is 0 Å². The van der Waals surface area contributed by atoms with Crippen LogP contribution in [0.1, 0.15) is 30.8 Å². The van der Waals surface area contributed by atoms with Gasteiger partial charge in [0.05, 0.1) is 13.2 Å². The molecule has 0 aliphatic rings. The number of nitrogens with two attached hydrogens (primary N) is 1. The lowest BCUT2D eigenvalue weighted by Crippen LogP contribution is -2.30. The summed E-state index contributed by atoms with van der Waals surface area (Å²) in [6, 6.07) is 5.47. The van der Waals surface area contributed by atoms with Gasteiger partial charge in [-0.3, -0.25) is 11.3 Å². The zero-order valence-corrected chi connectivity index (χ0v) is 13.1. The van der Waals surface area contributed by atoms with E-state index in [1.54, 1.807) is 13.2 Å². The van der Waals surface area contributed by atoms with E-state index >= 15 is 0 Å². The van der Waals surface area contributed by atoms with Gasteiger partial charge in [-0.2, -0.15) is 0 Å². The second-order valence-corrected chi connectivity index (χ2v) is 5.28. The maximum absolute atomic E-state index is 6.00. The Balaban J connectivity index is 2.25. The van der Waals surface area contributed by atoms with Crippen LogP contribution in [0.4, 0.5) is 0 Å². The highest BCUT2D eigenvalue weighted by Gasteiger charge is 2.18. The van der Waals surface area contributed by atoms with Crippen LogP contribution in [0.25, 0.3) is 0 Å². The molecular formula is C15H21ClN4O. The van der Waals surface area contributed by atoms with Gasteiger partial charge in [-0.05, 0) is 18.6 Å². The molecule has 1 atom stereocenters. The van der Waals surface area contributed by atoms with Crippen molar-refractivity contribution in [1.82, 2.24) is 15.0 Å². The number of hydrogen-bond donors (Lipinski definition) is 2. The molecule has 114 valence electrons. The Bertz CT molecular complexity index is 585. The van der Waals surface area contributed by atoms with Crippen molar-refractivity contribution in [1.29, 1.82) is 0 Å². The van der Waals surface area contributed by atoms with Crippen molar-refractivity contribution >= 4 is 11.6 Å². The third-order valence-corrected chi connectivity index (χ3v) is 3.66. The van der Waals surface area contributed by atoms with Gasteiger partial charge in [0.15, 0.2) is 0 Å². The Morgan fingerprint density at radius 2 is 2.29 bits per heavy atom. The Hall–Kier alpha value is -1.56. The van der Waals surface area contributed by atoms with Crippen LogP contribution in [0, 0.1) is 0 Å². The highest BCUT2D eigenvalue weighted by Crippen LogP contribution is 2.29. The molecule has 1 unspecified atom stereocenters. The van der Waals surface area contributed by atoms with E-state index in [9.17, 15) is 0 Å². The molecule has 2 rings (SSSR count). The van der Waals surface area contributed by atoms with E-state index in [4.69, 9.17) is 22.2 Å². The van der Waals surface area contributed by atoms with Crippen LogP contribution < -0.4 is 16.0 Å². The van der Waals surface area contributed by atoms with E-state index in [0.717, 1.165) is 30.1 Å². The third kappa shape index (κ3) is 3.75. The number of methoxy groups -OCH3 is 1. The standard InChI is InChI=1S/C15H21ClN4O/c1-3-7-20-8-6-18-15(20)10-13(19-17)12-5-4-11(16)9-14(12)21-2/h4-6,8-9,13,19H,3,7,10,17H2,1-2H3. The van der Waals surface area contributed by atoms with Crippen molar-refractivity contribution in [3.05, 3.63) is 47.0 Å². The summed E-state index contributed by atoms with van der Waals surface area (Å²) >= 11 is 6.00. The Labute approximate surface area is 130 Å². The fraction of sp³-hybridized carbons (Fsp3) is 0.400. The number of hydrogen-bond acceptors (Lipinski definition) is 4. The first-order valence-corrected chi connectivity index (χ1v) is 7.37. The van der Waals surface area contributed by atoms with Crippen molar-refractivity contribution in [3.63, 3.8) is 0 Å². The molecule has 21 heavy (non-hydrogen) atoms. The third-order valence-electron chi connectivity index (χ3n) is 3.43. The fourth-order valence-corrected chi connectivity index (χ4v) is 2.55. The summed E-state index contributed by atoms with van der Waals surface area (Å²) in [7, 11) is 1.63. The topological polar surface area (TPSA) is 65.1 Å². The summed E-state index contributed by atoms with van der Waals surface area (Å²) in [6.07, 6.45) is 5.55. The van der Waals surface area contributed by atoms with Crippen molar-refractivity contribution in [2.24, 2.45) is 5.84 Å². The van der Waals surface area contributed by atoms with Gasteiger partial charge >= 0.3 is 0 Å². The van der Waals surface area contributed by atoms with Crippen LogP contribution in [0.15, 0.2) is 30.6 Å². The number of rotatable bonds is 7. The van der Waals surface area contributed by atoms with Crippen LogP contribution in [-0.2, 0) is 13.0 Å². The van der Waals surface area contributed by atoms with Crippen LogP contribution >= 0.6 is 11.6 Å². The minimum absolute atomic E-state index is 0.0878. The second kappa shape index (κ2) is 7.45. The molecule has 6 heteroatoms. The summed E-state index contributed by atoms with van der Waals surface area (Å²) in [5.74, 6) is 7.45. The highest BCUT2D eigenvalue weighted by molar-refractivity contribution is 6.30. The molecule has 0 fully saturated rings. The van der Waals surface area contributed by atoms with Crippen LogP contribution in [0.5, 0.6) is 5.75 Å². The van der Waals surface area contributed by atoms with E-state index in [0.29, 0.717) is 11.4 Å². The molecule has 0 bridgehead atoms. The first kappa shape index (κ1) is 15.8. The van der Waals surface area contributed by atoms with Gasteiger partial charge in [-0.15, -0.1) is 0 Å². The number of aromatic nitrogens is 2. The predicted molar refractivity (Wildman–Crippen MR) is 84.3 cm³/mol. The number of nitrogens with one attached hydrogen (secondary N) is 1. The van der Waals surface area contributed by atoms with Crippen LogP contribution in [0.2, 0.25) is 5.02 Å². The van der Waals surface area contributed by atoms with Gasteiger partial charge in [0, 0.05) is 35.9 Å². The monoisotopic (exact) mass is 308 g/mol. The Morgan fingerprint density at radius 1 is 1.48 bits per heavy atom. The smallest absolute Gasteiger partial charge is 0.125 e. The summed E-state index contributed by atoms with van der Waals surface area (Å²) in [4.78, 5) is 4.42. The molecule has 0 aliphatic heterocycles. The lowest BCUT2D eigenvalue weighted by atomic mass is 10.0. The Kier molecular flexibility index (Phi) is 5.61. The number of imidazole rings is 1. The number of nitrogens with zero attached hydrogens (tertiary/aromatic N) is 2. The van der Waals surface area contributed by atoms with Gasteiger partial charge in [0.2, 0.25) is 0 Å². The molecule has 2 aromatic rings. The Morgan fingerprint density at radius 3 is 2.95 bits per heavy atom. The normalized spacial score (nSPS) is 12.4. The lowest BCUT2D eigenvalue weighted by molar-refractivity contribution is 0.397. The molecule has 1 aromatic carbocycles. The molecule has 0 saturated carbocycles. The summed E-state index contributed by atoms with van der Waals surface area (Å²) in [6.45, 7) is 3.09. The quantitative estimate of drug-likeness (QED) is 0.610. The minimum atomic E-state index is -0.0878. The van der Waals surface area contributed by atoms with E-state index < -0.39 is 0 Å². The average Bonchev–Trinajstić information content (AvgIpc) is 2.92. The molecule has 1 aromatic heterocycles. The SMILES string of the molecule is CCCn1ccnc1CC(NN)c1ccc(Cl)cc1OC. The number of ether oxygens (including phenoxy) is 1. The largest absolute Gasteiger partial charge is 0.496 e. The van der Waals surface area contributed by atoms with E-state index in [2.05, 4.69) is 21.9 Å². The number of aryl methyl sites for hydroxylation is 1. The maximum Gasteiger partial charge on any atom is 0.125 e. The molecular weight excluding hydrogens is 288 g/mol. The van der Waals surface area contributed by atoms with Crippen LogP contribution in [0.3, 0.4) is 0 Å². The van der Waals surface area contributed by atoms with Gasteiger partial charge in [0.1, 0.15) is 11.6 Å². The van der Waals surface area contributed by atoms with Gasteiger partial charge in [-0.1, -0.05) is 24.6 Å². The first-order chi connectivity index (χ1) is 10.2. The molecule has 0 aliphatic carbocycles. The predicted octanol–water partition coefficient (Wildman–Crippen LogP) is 2.70. The molecule has 5 nitrogen and oxygen atoms in total. The lowest BCUT2D eigenvalue weighted by Gasteiger charge is -2.19. The second-order valence-electron chi connectivity index (χ2n) is 4.85. The molecule has 0 radical (unpaired) electrons. The molecule has 0 amide bonds. The molecule has 1 heterocycles. The number of benzene rings is 1. The van der Waals surface area contributed by atoms with Crippen molar-refractivity contribution in [2.75, 3.05) is 7.11 Å². The summed E-state index contributed by atoms with van der Waals surface area (Å²) in [5, 5.41) is 0.638. The van der Waals surface area contributed by atoms with E-state index in [1.807, 2.05) is 24.5 Å². The van der Waals surface area contributed by atoms with Crippen molar-refractivity contribution in [3.8, 4) is 5.75 Å². The van der Waals surface area contributed by atoms with Gasteiger partial charge in [-0.25, -0.2) is 4.98 Å². The average molecular weight is 309 g/mol. The summed E-state index contributed by atoms with van der Waals surface area (Å²) in [5.41, 5.74) is 3.81. The summed E-state index contributed by atoms with van der Waals surface area (Å²) < 4.78 is 7.54. The minimum Gasteiger partial charge on any atom is -0.496 e. The number of hydrazine groups is 1. The zero-order valence-electron chi connectivity index (χ0n) is 12.3. The molecule has 0 saturated heterocycles. The van der Waals surface area contributed by atoms with Crippen molar-refractivity contribution < 1.29 is 4.74 Å². The van der Waals surface area contributed by atoms with Gasteiger partial charge < -0.3 is 9.30 Å². The highest BCUT2D eigenvalue weighted by atomic mass is 35.5. The molecule has 3 N–H and O–H groups in total. The fourth-order valence-electron chi connectivity index (χ4n) is 2.39.